The predicted octanol–water partition coefficient (Wildman–Crippen LogP) is 2.81. The van der Waals surface area contributed by atoms with Gasteiger partial charge in [-0.05, 0) is 33.6 Å². The third-order valence-electron chi connectivity index (χ3n) is 4.01. The van der Waals surface area contributed by atoms with Crippen molar-refractivity contribution in [2.75, 3.05) is 30.3 Å². The lowest BCUT2D eigenvalue weighted by Crippen LogP contribution is -2.36. The Morgan fingerprint density at radius 3 is 2.78 bits per heavy atom. The first-order valence-electron chi connectivity index (χ1n) is 9.28. The molecule has 1 atom stereocenters. The minimum Gasteiger partial charge on any atom is -0.477 e. The lowest BCUT2D eigenvalue weighted by molar-refractivity contribution is 0.0293. The van der Waals surface area contributed by atoms with E-state index in [1.807, 2.05) is 20.8 Å². The van der Waals surface area contributed by atoms with E-state index in [1.54, 1.807) is 4.90 Å². The van der Waals surface area contributed by atoms with Crippen molar-refractivity contribution in [1.29, 1.82) is 0 Å². The van der Waals surface area contributed by atoms with Crippen LogP contribution in [0.4, 0.5) is 16.6 Å². The van der Waals surface area contributed by atoms with Crippen LogP contribution < -0.4 is 10.6 Å². The second kappa shape index (κ2) is 8.88. The predicted molar refractivity (Wildman–Crippen MR) is 102 cm³/mol. The zero-order valence-corrected chi connectivity index (χ0v) is 16.4. The fourth-order valence-electron chi connectivity index (χ4n) is 2.67. The van der Waals surface area contributed by atoms with E-state index in [4.69, 9.17) is 4.74 Å². The first-order chi connectivity index (χ1) is 12.7. The molecule has 2 rings (SSSR count). The van der Waals surface area contributed by atoms with Gasteiger partial charge in [-0.2, -0.15) is 4.98 Å². The second-order valence-electron chi connectivity index (χ2n) is 7.60. The van der Waals surface area contributed by atoms with Gasteiger partial charge in [-0.1, -0.05) is 13.3 Å². The highest BCUT2D eigenvalue weighted by Gasteiger charge is 2.30. The molecule has 27 heavy (non-hydrogen) atoms. The molecular formula is C18H29N5O4. The Labute approximate surface area is 159 Å². The molecule has 1 fully saturated rings. The molecule has 0 aliphatic carbocycles. The Morgan fingerprint density at radius 2 is 2.15 bits per heavy atom. The number of aromatic nitrogens is 2. The van der Waals surface area contributed by atoms with E-state index in [-0.39, 0.29) is 23.5 Å². The SMILES string of the molecule is CCCCNc1ncc(C(=O)O)c(NC2CCN(C(=O)OC(C)(C)C)C2)n1. The van der Waals surface area contributed by atoms with Crippen LogP contribution >= 0.6 is 0 Å². The highest BCUT2D eigenvalue weighted by atomic mass is 16.6. The molecule has 1 amide bonds. The molecule has 150 valence electrons. The molecule has 9 heteroatoms. The van der Waals surface area contributed by atoms with Crippen LogP contribution in [-0.4, -0.2) is 63.3 Å². The van der Waals surface area contributed by atoms with Crippen molar-refractivity contribution in [1.82, 2.24) is 14.9 Å². The molecule has 2 heterocycles. The van der Waals surface area contributed by atoms with Crippen molar-refractivity contribution in [2.24, 2.45) is 0 Å². The summed E-state index contributed by atoms with van der Waals surface area (Å²) in [5, 5.41) is 15.6. The maximum Gasteiger partial charge on any atom is 0.410 e. The maximum atomic E-state index is 12.2. The Hall–Kier alpha value is -2.58. The number of hydrogen-bond donors (Lipinski definition) is 3. The van der Waals surface area contributed by atoms with Crippen LogP contribution in [0.5, 0.6) is 0 Å². The number of ether oxygens (including phenoxy) is 1. The van der Waals surface area contributed by atoms with E-state index >= 15 is 0 Å². The van der Waals surface area contributed by atoms with Gasteiger partial charge in [0.05, 0.1) is 0 Å². The van der Waals surface area contributed by atoms with Gasteiger partial charge in [-0.3, -0.25) is 0 Å². The second-order valence-corrected chi connectivity index (χ2v) is 7.60. The molecule has 1 aromatic rings. The van der Waals surface area contributed by atoms with Crippen LogP contribution in [0.3, 0.4) is 0 Å². The molecule has 0 spiro atoms. The van der Waals surface area contributed by atoms with E-state index < -0.39 is 11.6 Å². The summed E-state index contributed by atoms with van der Waals surface area (Å²) in [6.07, 6.45) is 3.62. The molecule has 0 radical (unpaired) electrons. The largest absolute Gasteiger partial charge is 0.477 e. The van der Waals surface area contributed by atoms with Gasteiger partial charge in [0.25, 0.3) is 0 Å². The Morgan fingerprint density at radius 1 is 1.41 bits per heavy atom. The number of anilines is 2. The molecule has 0 saturated carbocycles. The molecule has 9 nitrogen and oxygen atoms in total. The zero-order valence-electron chi connectivity index (χ0n) is 16.4. The summed E-state index contributed by atoms with van der Waals surface area (Å²) < 4.78 is 5.39. The quantitative estimate of drug-likeness (QED) is 0.619. The maximum absolute atomic E-state index is 12.2. The highest BCUT2D eigenvalue weighted by Crippen LogP contribution is 2.21. The van der Waals surface area contributed by atoms with Crippen molar-refractivity contribution in [2.45, 2.75) is 58.6 Å². The van der Waals surface area contributed by atoms with Crippen LogP contribution in [0.25, 0.3) is 0 Å². The summed E-state index contributed by atoms with van der Waals surface area (Å²) in [6.45, 7) is 9.24. The number of carbonyl (C=O) groups is 2. The van der Waals surface area contributed by atoms with Crippen LogP contribution in [0.15, 0.2) is 6.20 Å². The molecule has 1 saturated heterocycles. The molecule has 1 aliphatic heterocycles. The van der Waals surface area contributed by atoms with Gasteiger partial charge in [0.15, 0.2) is 0 Å². The van der Waals surface area contributed by atoms with Crippen molar-refractivity contribution in [3.05, 3.63) is 11.8 Å². The van der Waals surface area contributed by atoms with E-state index in [2.05, 4.69) is 27.5 Å². The van der Waals surface area contributed by atoms with E-state index in [9.17, 15) is 14.7 Å². The van der Waals surface area contributed by atoms with Gasteiger partial charge in [0, 0.05) is 31.9 Å². The fraction of sp³-hybridized carbons (Fsp3) is 0.667. The minimum absolute atomic E-state index is 0.00626. The van der Waals surface area contributed by atoms with Crippen LogP contribution in [0.1, 0.15) is 57.3 Å². The normalized spacial score (nSPS) is 16.9. The van der Waals surface area contributed by atoms with Crippen LogP contribution in [0, 0.1) is 0 Å². The third kappa shape index (κ3) is 6.26. The van der Waals surface area contributed by atoms with E-state index in [0.29, 0.717) is 25.5 Å². The smallest absolute Gasteiger partial charge is 0.410 e. The number of carboxylic acids is 1. The van der Waals surface area contributed by atoms with Crippen molar-refractivity contribution in [3.8, 4) is 0 Å². The lowest BCUT2D eigenvalue weighted by atomic mass is 10.2. The zero-order chi connectivity index (χ0) is 20.0. The standard InChI is InChI=1S/C18H29N5O4/c1-5-6-8-19-16-20-10-13(15(24)25)14(22-16)21-12-7-9-23(11-12)17(26)27-18(2,3)4/h10,12H,5-9,11H2,1-4H3,(H,24,25)(H2,19,20,21,22). The van der Waals surface area contributed by atoms with Gasteiger partial charge in [-0.15, -0.1) is 0 Å². The van der Waals surface area contributed by atoms with Crippen molar-refractivity contribution in [3.63, 3.8) is 0 Å². The van der Waals surface area contributed by atoms with Crippen LogP contribution in [0.2, 0.25) is 0 Å². The monoisotopic (exact) mass is 379 g/mol. The number of unbranched alkanes of at least 4 members (excludes halogenated alkanes) is 1. The van der Waals surface area contributed by atoms with Gasteiger partial charge >= 0.3 is 12.1 Å². The van der Waals surface area contributed by atoms with Crippen molar-refractivity contribution < 1.29 is 19.4 Å². The highest BCUT2D eigenvalue weighted by molar-refractivity contribution is 5.93. The first kappa shape index (κ1) is 20.7. The molecule has 1 aromatic heterocycles. The number of hydrogen-bond acceptors (Lipinski definition) is 7. The topological polar surface area (TPSA) is 117 Å². The average Bonchev–Trinajstić information content (AvgIpc) is 3.02. The minimum atomic E-state index is -1.10. The fourth-order valence-corrected chi connectivity index (χ4v) is 2.67. The third-order valence-corrected chi connectivity index (χ3v) is 4.01. The Bertz CT molecular complexity index is 674. The van der Waals surface area contributed by atoms with Crippen molar-refractivity contribution >= 4 is 23.8 Å². The molecule has 1 aliphatic rings. The number of likely N-dealkylation sites (tertiary alicyclic amines) is 1. The molecule has 1 unspecified atom stereocenters. The number of nitrogens with zero attached hydrogens (tertiary/aromatic N) is 3. The number of carbonyl (C=O) groups excluding carboxylic acids is 1. The lowest BCUT2D eigenvalue weighted by Gasteiger charge is -2.24. The molecule has 0 aromatic carbocycles. The summed E-state index contributed by atoms with van der Waals surface area (Å²) in [6, 6.07) is -0.103. The summed E-state index contributed by atoms with van der Waals surface area (Å²) in [4.78, 5) is 33.6. The average molecular weight is 379 g/mol. The summed E-state index contributed by atoms with van der Waals surface area (Å²) >= 11 is 0. The number of carboxylic acid groups (broad SMARTS) is 1. The first-order valence-corrected chi connectivity index (χ1v) is 9.28. The summed E-state index contributed by atoms with van der Waals surface area (Å²) in [5.41, 5.74) is -0.545. The van der Waals surface area contributed by atoms with E-state index in [0.717, 1.165) is 19.4 Å². The van der Waals surface area contributed by atoms with Gasteiger partial charge < -0.3 is 25.4 Å². The number of rotatable bonds is 7. The van der Waals surface area contributed by atoms with Gasteiger partial charge in [0.1, 0.15) is 17.0 Å². The van der Waals surface area contributed by atoms with Gasteiger partial charge in [-0.25, -0.2) is 14.6 Å². The Kier molecular flexibility index (Phi) is 6.81. The summed E-state index contributed by atoms with van der Waals surface area (Å²) in [7, 11) is 0. The number of nitrogens with one attached hydrogen (secondary N) is 2. The van der Waals surface area contributed by atoms with Gasteiger partial charge in [0.2, 0.25) is 5.95 Å². The number of aromatic carboxylic acids is 1. The molecular weight excluding hydrogens is 350 g/mol. The number of amides is 1. The van der Waals surface area contributed by atoms with E-state index in [1.165, 1.54) is 6.20 Å². The van der Waals surface area contributed by atoms with Crippen LogP contribution in [-0.2, 0) is 4.74 Å². The molecule has 3 N–H and O–H groups in total. The molecule has 0 bridgehead atoms. The Balaban J connectivity index is 2.04. The summed E-state index contributed by atoms with van der Waals surface area (Å²) in [5.74, 6) is -0.454.